The molecule has 22 heavy (non-hydrogen) atoms. The second-order valence-electron chi connectivity index (χ2n) is 6.43. The smallest absolute Gasteiger partial charge is 0.255 e. The van der Waals surface area contributed by atoms with Gasteiger partial charge in [-0.2, -0.15) is 0 Å². The number of carbonyl (C=O) groups is 1. The number of benzene rings is 1. The molecule has 0 aliphatic carbocycles. The zero-order valence-electron chi connectivity index (χ0n) is 13.9. The maximum absolute atomic E-state index is 12.7. The summed E-state index contributed by atoms with van der Waals surface area (Å²) >= 11 is 6.16. The Morgan fingerprint density at radius 1 is 1.23 bits per heavy atom. The van der Waals surface area contributed by atoms with Crippen LogP contribution in [0.1, 0.15) is 24.2 Å². The van der Waals surface area contributed by atoms with Gasteiger partial charge in [0.15, 0.2) is 0 Å². The van der Waals surface area contributed by atoms with Gasteiger partial charge >= 0.3 is 0 Å². The van der Waals surface area contributed by atoms with E-state index in [0.29, 0.717) is 22.7 Å². The van der Waals surface area contributed by atoms with Gasteiger partial charge in [-0.15, -0.1) is 0 Å². The lowest BCUT2D eigenvalue weighted by Crippen LogP contribution is -2.59. The van der Waals surface area contributed by atoms with E-state index in [1.165, 1.54) is 0 Å². The Kier molecular flexibility index (Phi) is 5.84. The summed E-state index contributed by atoms with van der Waals surface area (Å²) in [6, 6.07) is 8.00. The van der Waals surface area contributed by atoms with Crippen LogP contribution in [0.25, 0.3) is 0 Å². The second kappa shape index (κ2) is 7.44. The lowest BCUT2D eigenvalue weighted by molar-refractivity contribution is 0.0283. The summed E-state index contributed by atoms with van der Waals surface area (Å²) in [5, 5.41) is 0.530. The molecule has 0 spiro atoms. The van der Waals surface area contributed by atoms with Gasteiger partial charge in [0.25, 0.3) is 5.91 Å². The van der Waals surface area contributed by atoms with Crippen molar-refractivity contribution in [2.75, 3.05) is 40.3 Å². The average Bonchev–Trinajstić information content (AvgIpc) is 2.45. The minimum absolute atomic E-state index is 0.0385. The highest BCUT2D eigenvalue weighted by molar-refractivity contribution is 6.33. The first kappa shape index (κ1) is 17.3. The molecule has 4 nitrogen and oxygen atoms in total. The SMILES string of the molecule is CC1CN(C(=O)c2ccccc2Cl)CC(C)N1CCN(C)C. The minimum Gasteiger partial charge on any atom is -0.335 e. The Labute approximate surface area is 138 Å². The monoisotopic (exact) mass is 323 g/mol. The molecule has 2 unspecified atom stereocenters. The summed E-state index contributed by atoms with van der Waals surface area (Å²) in [5.41, 5.74) is 0.602. The summed E-state index contributed by atoms with van der Waals surface area (Å²) in [5.74, 6) is 0.0385. The highest BCUT2D eigenvalue weighted by Gasteiger charge is 2.32. The van der Waals surface area contributed by atoms with Crippen LogP contribution in [0.15, 0.2) is 24.3 Å². The van der Waals surface area contributed by atoms with Crippen LogP contribution in [-0.2, 0) is 0 Å². The maximum Gasteiger partial charge on any atom is 0.255 e. The van der Waals surface area contributed by atoms with Gasteiger partial charge in [-0.25, -0.2) is 0 Å². The first-order valence-corrected chi connectivity index (χ1v) is 8.22. The number of hydrogen-bond acceptors (Lipinski definition) is 3. The van der Waals surface area contributed by atoms with E-state index in [1.54, 1.807) is 12.1 Å². The molecular formula is C17H26ClN3O. The molecule has 1 saturated heterocycles. The number of rotatable bonds is 4. The van der Waals surface area contributed by atoms with E-state index in [1.807, 2.05) is 17.0 Å². The van der Waals surface area contributed by atoms with Crippen molar-refractivity contribution in [1.29, 1.82) is 0 Å². The number of nitrogens with zero attached hydrogens (tertiary/aromatic N) is 3. The molecule has 1 aromatic rings. The van der Waals surface area contributed by atoms with Gasteiger partial charge in [0.05, 0.1) is 10.6 Å². The van der Waals surface area contributed by atoms with E-state index in [2.05, 4.69) is 37.7 Å². The fourth-order valence-corrected chi connectivity index (χ4v) is 3.30. The zero-order chi connectivity index (χ0) is 16.3. The molecule has 2 rings (SSSR count). The van der Waals surface area contributed by atoms with E-state index < -0.39 is 0 Å². The van der Waals surface area contributed by atoms with Gasteiger partial charge in [0.2, 0.25) is 0 Å². The molecule has 0 radical (unpaired) electrons. The molecule has 0 saturated carbocycles. The largest absolute Gasteiger partial charge is 0.335 e. The van der Waals surface area contributed by atoms with E-state index in [0.717, 1.165) is 26.2 Å². The molecule has 2 atom stereocenters. The van der Waals surface area contributed by atoms with Gasteiger partial charge in [0, 0.05) is 38.3 Å². The van der Waals surface area contributed by atoms with Gasteiger partial charge < -0.3 is 9.80 Å². The van der Waals surface area contributed by atoms with E-state index in [9.17, 15) is 4.79 Å². The van der Waals surface area contributed by atoms with Crippen molar-refractivity contribution in [3.63, 3.8) is 0 Å². The Balaban J connectivity index is 2.04. The first-order chi connectivity index (χ1) is 10.4. The molecule has 0 bridgehead atoms. The molecule has 1 aromatic carbocycles. The van der Waals surface area contributed by atoms with Crippen molar-refractivity contribution >= 4 is 17.5 Å². The summed E-state index contributed by atoms with van der Waals surface area (Å²) < 4.78 is 0. The molecule has 0 N–H and O–H groups in total. The quantitative estimate of drug-likeness (QED) is 0.851. The van der Waals surface area contributed by atoms with E-state index in [4.69, 9.17) is 11.6 Å². The molecule has 1 aliphatic rings. The summed E-state index contributed by atoms with van der Waals surface area (Å²) in [6.07, 6.45) is 0. The standard InChI is InChI=1S/C17H26ClN3O/c1-13-11-20(12-14(2)21(13)10-9-19(3)4)17(22)15-7-5-6-8-16(15)18/h5-8,13-14H,9-12H2,1-4H3. The third kappa shape index (κ3) is 4.00. The molecule has 0 aromatic heterocycles. The van der Waals surface area contributed by atoms with Crippen LogP contribution in [0.3, 0.4) is 0 Å². The van der Waals surface area contributed by atoms with Crippen molar-refractivity contribution < 1.29 is 4.79 Å². The second-order valence-corrected chi connectivity index (χ2v) is 6.84. The highest BCUT2D eigenvalue weighted by Crippen LogP contribution is 2.21. The van der Waals surface area contributed by atoms with Crippen LogP contribution in [0.4, 0.5) is 0 Å². The van der Waals surface area contributed by atoms with Gasteiger partial charge in [-0.3, -0.25) is 9.69 Å². The van der Waals surface area contributed by atoms with Crippen LogP contribution < -0.4 is 0 Å². The Hall–Kier alpha value is -1.10. The van der Waals surface area contributed by atoms with Gasteiger partial charge in [0.1, 0.15) is 0 Å². The fourth-order valence-electron chi connectivity index (χ4n) is 3.08. The lowest BCUT2D eigenvalue weighted by Gasteiger charge is -2.44. The van der Waals surface area contributed by atoms with Crippen LogP contribution in [0.5, 0.6) is 0 Å². The Morgan fingerprint density at radius 3 is 2.36 bits per heavy atom. The third-order valence-corrected chi connectivity index (χ3v) is 4.63. The van der Waals surface area contributed by atoms with E-state index in [-0.39, 0.29) is 5.91 Å². The topological polar surface area (TPSA) is 26.8 Å². The number of hydrogen-bond donors (Lipinski definition) is 0. The third-order valence-electron chi connectivity index (χ3n) is 4.30. The Morgan fingerprint density at radius 2 is 1.82 bits per heavy atom. The van der Waals surface area contributed by atoms with Crippen molar-refractivity contribution in [3.8, 4) is 0 Å². The molecule has 1 amide bonds. The molecule has 1 fully saturated rings. The number of likely N-dealkylation sites (N-methyl/N-ethyl adjacent to an activating group) is 1. The number of halogens is 1. The van der Waals surface area contributed by atoms with Crippen LogP contribution >= 0.6 is 11.6 Å². The normalized spacial score (nSPS) is 23.1. The predicted molar refractivity (Wildman–Crippen MR) is 91.5 cm³/mol. The molecule has 1 heterocycles. The van der Waals surface area contributed by atoms with Crippen molar-refractivity contribution in [3.05, 3.63) is 34.9 Å². The summed E-state index contributed by atoms with van der Waals surface area (Å²) in [4.78, 5) is 19.3. The number of carbonyl (C=O) groups excluding carboxylic acids is 1. The van der Waals surface area contributed by atoms with Crippen LogP contribution in [-0.4, -0.2) is 73.0 Å². The van der Waals surface area contributed by atoms with Crippen molar-refractivity contribution in [2.45, 2.75) is 25.9 Å². The highest BCUT2D eigenvalue weighted by atomic mass is 35.5. The number of piperazine rings is 1. The van der Waals surface area contributed by atoms with Crippen LogP contribution in [0, 0.1) is 0 Å². The predicted octanol–water partition coefficient (Wildman–Crippen LogP) is 2.44. The van der Waals surface area contributed by atoms with Gasteiger partial charge in [-0.05, 0) is 40.1 Å². The minimum atomic E-state index is 0.0385. The lowest BCUT2D eigenvalue weighted by atomic mass is 10.1. The average molecular weight is 324 g/mol. The molecule has 1 aliphatic heterocycles. The van der Waals surface area contributed by atoms with Crippen molar-refractivity contribution in [2.24, 2.45) is 0 Å². The molecular weight excluding hydrogens is 298 g/mol. The molecule has 122 valence electrons. The zero-order valence-corrected chi connectivity index (χ0v) is 14.7. The van der Waals surface area contributed by atoms with Crippen molar-refractivity contribution in [1.82, 2.24) is 14.7 Å². The maximum atomic E-state index is 12.7. The summed E-state index contributed by atoms with van der Waals surface area (Å²) in [6.45, 7) is 7.96. The number of amides is 1. The fraction of sp³-hybridized carbons (Fsp3) is 0.588. The molecule has 5 heteroatoms. The van der Waals surface area contributed by atoms with E-state index >= 15 is 0 Å². The van der Waals surface area contributed by atoms with Crippen LogP contribution in [0.2, 0.25) is 5.02 Å². The summed E-state index contributed by atoms with van der Waals surface area (Å²) in [7, 11) is 4.18. The first-order valence-electron chi connectivity index (χ1n) is 7.84. The van der Waals surface area contributed by atoms with Gasteiger partial charge in [-0.1, -0.05) is 23.7 Å². The Bertz CT molecular complexity index is 508.